The second-order valence-corrected chi connectivity index (χ2v) is 6.15. The van der Waals surface area contributed by atoms with E-state index in [-0.39, 0.29) is 22.7 Å². The van der Waals surface area contributed by atoms with Crippen molar-refractivity contribution in [3.05, 3.63) is 27.9 Å². The van der Waals surface area contributed by atoms with E-state index in [4.69, 9.17) is 0 Å². The molecule has 1 N–H and O–H groups in total. The van der Waals surface area contributed by atoms with E-state index in [1.165, 1.54) is 11.3 Å². The first-order valence-corrected chi connectivity index (χ1v) is 7.17. The minimum Gasteiger partial charge on any atom is -0.326 e. The van der Waals surface area contributed by atoms with Crippen LogP contribution in [0.2, 0.25) is 0 Å². The maximum Gasteiger partial charge on any atom is 0.308 e. The summed E-state index contributed by atoms with van der Waals surface area (Å²) in [5.41, 5.74) is 1.66. The minimum absolute atomic E-state index is 0.0185. The number of benzene rings is 1. The fraction of sp³-hybridized carbons (Fsp3) is 0.429. The molecule has 0 atom stereocenters. The summed E-state index contributed by atoms with van der Waals surface area (Å²) in [7, 11) is 0. The van der Waals surface area contributed by atoms with E-state index in [1.54, 1.807) is 4.57 Å². The lowest BCUT2D eigenvalue weighted by molar-refractivity contribution is -0.118. The van der Waals surface area contributed by atoms with Crippen LogP contribution in [-0.2, 0) is 4.79 Å². The first kappa shape index (κ1) is 13.8. The quantitative estimate of drug-likeness (QED) is 0.937. The number of amides is 1. The average molecular weight is 278 g/mol. The van der Waals surface area contributed by atoms with E-state index in [1.807, 2.05) is 45.9 Å². The molecule has 2 aromatic rings. The van der Waals surface area contributed by atoms with Gasteiger partial charge in [-0.1, -0.05) is 25.2 Å². The number of aromatic nitrogens is 1. The first-order valence-electron chi connectivity index (χ1n) is 6.36. The molecule has 0 unspecified atom stereocenters. The Bertz CT molecular complexity index is 668. The smallest absolute Gasteiger partial charge is 0.308 e. The molecule has 1 aromatic carbocycles. The van der Waals surface area contributed by atoms with Crippen LogP contribution in [0.25, 0.3) is 10.2 Å². The van der Waals surface area contributed by atoms with Gasteiger partial charge in [-0.15, -0.1) is 0 Å². The van der Waals surface area contributed by atoms with Crippen LogP contribution in [0.5, 0.6) is 0 Å². The molecule has 0 saturated carbocycles. The molecule has 0 aliphatic rings. The van der Waals surface area contributed by atoms with E-state index < -0.39 is 0 Å². The van der Waals surface area contributed by atoms with Gasteiger partial charge in [-0.2, -0.15) is 0 Å². The SMILES string of the molecule is CC(C)C(=O)Nc1ccc2c(c1)sc(=O)n2C(C)C. The van der Waals surface area contributed by atoms with Gasteiger partial charge in [0.05, 0.1) is 10.2 Å². The molecular formula is C14H18N2O2S. The van der Waals surface area contributed by atoms with Gasteiger partial charge < -0.3 is 5.32 Å². The molecule has 1 aromatic heterocycles. The minimum atomic E-state index is -0.0605. The Kier molecular flexibility index (Phi) is 3.75. The van der Waals surface area contributed by atoms with Crippen molar-refractivity contribution in [2.24, 2.45) is 5.92 Å². The Balaban J connectivity index is 2.43. The van der Waals surface area contributed by atoms with Crippen LogP contribution in [0.15, 0.2) is 23.0 Å². The number of rotatable bonds is 3. The van der Waals surface area contributed by atoms with Gasteiger partial charge in [0.1, 0.15) is 0 Å². The highest BCUT2D eigenvalue weighted by Gasteiger charge is 2.12. The molecule has 102 valence electrons. The number of anilines is 1. The van der Waals surface area contributed by atoms with Crippen molar-refractivity contribution in [3.63, 3.8) is 0 Å². The van der Waals surface area contributed by atoms with Crippen LogP contribution in [0.4, 0.5) is 5.69 Å². The first-order chi connectivity index (χ1) is 8.90. The number of hydrogen-bond donors (Lipinski definition) is 1. The molecule has 0 aliphatic heterocycles. The Morgan fingerprint density at radius 2 is 1.95 bits per heavy atom. The third-order valence-corrected chi connectivity index (χ3v) is 3.84. The molecule has 0 bridgehead atoms. The highest BCUT2D eigenvalue weighted by atomic mass is 32.1. The summed E-state index contributed by atoms with van der Waals surface area (Å²) in [6.45, 7) is 7.67. The van der Waals surface area contributed by atoms with Crippen molar-refractivity contribution < 1.29 is 4.79 Å². The number of carbonyl (C=O) groups is 1. The lowest BCUT2D eigenvalue weighted by atomic mass is 10.2. The Labute approximate surface area is 116 Å². The van der Waals surface area contributed by atoms with Gasteiger partial charge in [-0.25, -0.2) is 0 Å². The second kappa shape index (κ2) is 5.17. The Morgan fingerprint density at radius 3 is 2.53 bits per heavy atom. The summed E-state index contributed by atoms with van der Waals surface area (Å²) in [5, 5.41) is 2.85. The molecule has 0 spiro atoms. The molecule has 1 heterocycles. The van der Waals surface area contributed by atoms with Crippen LogP contribution < -0.4 is 10.2 Å². The number of hydrogen-bond acceptors (Lipinski definition) is 3. The Hall–Kier alpha value is -1.62. The zero-order valence-corrected chi connectivity index (χ0v) is 12.4. The molecule has 5 heteroatoms. The summed E-state index contributed by atoms with van der Waals surface area (Å²) in [5.74, 6) is -0.0790. The predicted molar refractivity (Wildman–Crippen MR) is 79.9 cm³/mol. The van der Waals surface area contributed by atoms with Crippen molar-refractivity contribution in [1.82, 2.24) is 4.57 Å². The molecule has 0 aliphatic carbocycles. The fourth-order valence-corrected chi connectivity index (χ4v) is 2.94. The van der Waals surface area contributed by atoms with Gasteiger partial charge in [0, 0.05) is 17.6 Å². The van der Waals surface area contributed by atoms with Gasteiger partial charge in [0.2, 0.25) is 5.91 Å². The van der Waals surface area contributed by atoms with Gasteiger partial charge in [-0.05, 0) is 32.0 Å². The molecule has 0 saturated heterocycles. The van der Waals surface area contributed by atoms with Crippen LogP contribution in [-0.4, -0.2) is 10.5 Å². The van der Waals surface area contributed by atoms with Crippen molar-refractivity contribution >= 4 is 33.1 Å². The lowest BCUT2D eigenvalue weighted by Crippen LogP contribution is -2.17. The van der Waals surface area contributed by atoms with E-state index in [2.05, 4.69) is 5.32 Å². The summed E-state index contributed by atoms with van der Waals surface area (Å²) in [6.07, 6.45) is 0. The van der Waals surface area contributed by atoms with Crippen molar-refractivity contribution in [3.8, 4) is 0 Å². The normalized spacial score (nSPS) is 11.5. The summed E-state index contributed by atoms with van der Waals surface area (Å²) in [4.78, 5) is 23.6. The monoisotopic (exact) mass is 278 g/mol. The standard InChI is InChI=1S/C14H18N2O2S/c1-8(2)13(17)15-10-5-6-11-12(7-10)19-14(18)16(11)9(3)4/h5-9H,1-4H3,(H,15,17). The molecule has 4 nitrogen and oxygen atoms in total. The third-order valence-electron chi connectivity index (χ3n) is 2.92. The summed E-state index contributed by atoms with van der Waals surface area (Å²) in [6, 6.07) is 5.73. The molecule has 0 fully saturated rings. The van der Waals surface area contributed by atoms with Crippen LogP contribution >= 0.6 is 11.3 Å². The van der Waals surface area contributed by atoms with Gasteiger partial charge in [-0.3, -0.25) is 14.2 Å². The third kappa shape index (κ3) is 2.71. The molecule has 1 amide bonds. The van der Waals surface area contributed by atoms with Crippen molar-refractivity contribution in [2.45, 2.75) is 33.7 Å². The van der Waals surface area contributed by atoms with E-state index >= 15 is 0 Å². The lowest BCUT2D eigenvalue weighted by Gasteiger charge is -2.09. The van der Waals surface area contributed by atoms with E-state index in [0.717, 1.165) is 15.9 Å². The molecule has 0 radical (unpaired) electrons. The van der Waals surface area contributed by atoms with Crippen molar-refractivity contribution in [2.75, 3.05) is 5.32 Å². The number of carbonyl (C=O) groups excluding carboxylic acids is 1. The van der Waals surface area contributed by atoms with Gasteiger partial charge >= 0.3 is 4.87 Å². The van der Waals surface area contributed by atoms with Crippen LogP contribution in [0, 0.1) is 5.92 Å². The highest BCUT2D eigenvalue weighted by molar-refractivity contribution is 7.16. The topological polar surface area (TPSA) is 51.1 Å². The van der Waals surface area contributed by atoms with Crippen LogP contribution in [0.1, 0.15) is 33.7 Å². The van der Waals surface area contributed by atoms with Gasteiger partial charge in [0.25, 0.3) is 0 Å². The molecule has 19 heavy (non-hydrogen) atoms. The zero-order chi connectivity index (χ0) is 14.2. The summed E-state index contributed by atoms with van der Waals surface area (Å²) < 4.78 is 2.67. The Morgan fingerprint density at radius 1 is 1.26 bits per heavy atom. The second-order valence-electron chi connectivity index (χ2n) is 5.16. The number of fused-ring (bicyclic) bond motifs is 1. The summed E-state index contributed by atoms with van der Waals surface area (Å²) >= 11 is 1.21. The maximum atomic E-state index is 11.9. The van der Waals surface area contributed by atoms with Crippen LogP contribution in [0.3, 0.4) is 0 Å². The van der Waals surface area contributed by atoms with E-state index in [0.29, 0.717) is 0 Å². The predicted octanol–water partition coefficient (Wildman–Crippen LogP) is 3.24. The average Bonchev–Trinajstić information content (AvgIpc) is 2.63. The largest absolute Gasteiger partial charge is 0.326 e. The number of nitrogens with one attached hydrogen (secondary N) is 1. The molecule has 2 rings (SSSR count). The maximum absolute atomic E-state index is 11.9. The molecular weight excluding hydrogens is 260 g/mol. The van der Waals surface area contributed by atoms with Gasteiger partial charge in [0.15, 0.2) is 0 Å². The fourth-order valence-electron chi connectivity index (χ4n) is 1.89. The number of nitrogens with zero attached hydrogens (tertiary/aromatic N) is 1. The number of thiazole rings is 1. The van der Waals surface area contributed by atoms with Crippen molar-refractivity contribution in [1.29, 1.82) is 0 Å². The van der Waals surface area contributed by atoms with E-state index in [9.17, 15) is 9.59 Å². The zero-order valence-electron chi connectivity index (χ0n) is 11.6. The highest BCUT2D eigenvalue weighted by Crippen LogP contribution is 2.24.